The SMILES string of the molecule is CCC(CC)(COc1cccc2c1C(N)=NS(=O)(=O)C2)CC(=O)c1ccncc1. The average molecular weight is 416 g/mol. The summed E-state index contributed by atoms with van der Waals surface area (Å²) < 4.78 is 33.4. The third kappa shape index (κ3) is 4.64. The van der Waals surface area contributed by atoms with Gasteiger partial charge in [0.15, 0.2) is 5.78 Å². The van der Waals surface area contributed by atoms with Gasteiger partial charge in [-0.2, -0.15) is 0 Å². The topological polar surface area (TPSA) is 112 Å². The van der Waals surface area contributed by atoms with E-state index in [0.717, 1.165) is 12.8 Å². The predicted molar refractivity (Wildman–Crippen MR) is 111 cm³/mol. The maximum Gasteiger partial charge on any atom is 0.259 e. The predicted octanol–water partition coefficient (Wildman–Crippen LogP) is 3.09. The molecule has 0 fully saturated rings. The first-order valence-corrected chi connectivity index (χ1v) is 11.2. The van der Waals surface area contributed by atoms with Gasteiger partial charge in [0.25, 0.3) is 10.0 Å². The highest BCUT2D eigenvalue weighted by atomic mass is 32.2. The maximum absolute atomic E-state index is 12.8. The Hall–Kier alpha value is -2.74. The first-order chi connectivity index (χ1) is 13.8. The van der Waals surface area contributed by atoms with Crippen LogP contribution in [0.25, 0.3) is 0 Å². The van der Waals surface area contributed by atoms with Crippen molar-refractivity contribution in [2.24, 2.45) is 15.5 Å². The highest BCUT2D eigenvalue weighted by Gasteiger charge is 2.32. The van der Waals surface area contributed by atoms with E-state index in [1.165, 1.54) is 0 Å². The Labute approximate surface area is 171 Å². The van der Waals surface area contributed by atoms with Crippen molar-refractivity contribution in [1.82, 2.24) is 4.98 Å². The number of rotatable bonds is 8. The minimum Gasteiger partial charge on any atom is -0.492 e. The van der Waals surface area contributed by atoms with Gasteiger partial charge < -0.3 is 10.5 Å². The summed E-state index contributed by atoms with van der Waals surface area (Å²) in [5.74, 6) is 0.268. The van der Waals surface area contributed by atoms with Gasteiger partial charge in [-0.25, -0.2) is 8.42 Å². The molecule has 1 aromatic carbocycles. The van der Waals surface area contributed by atoms with Crippen LogP contribution in [0.4, 0.5) is 0 Å². The number of nitrogens with zero attached hydrogens (tertiary/aromatic N) is 2. The Bertz CT molecular complexity index is 1030. The summed E-state index contributed by atoms with van der Waals surface area (Å²) in [5.41, 5.74) is 7.28. The molecule has 154 valence electrons. The van der Waals surface area contributed by atoms with Crippen molar-refractivity contribution < 1.29 is 17.9 Å². The minimum absolute atomic E-state index is 0.0435. The summed E-state index contributed by atoms with van der Waals surface area (Å²) in [7, 11) is -3.60. The number of Topliss-reactive ketones (excluding diaryl/α,β-unsaturated/α-hetero) is 1. The Balaban J connectivity index is 1.82. The van der Waals surface area contributed by atoms with Gasteiger partial charge in [-0.3, -0.25) is 9.78 Å². The molecular weight excluding hydrogens is 390 g/mol. The van der Waals surface area contributed by atoms with Crippen LogP contribution in [0.15, 0.2) is 47.1 Å². The summed E-state index contributed by atoms with van der Waals surface area (Å²) in [5, 5.41) is 0. The molecule has 1 aliphatic heterocycles. The van der Waals surface area contributed by atoms with Crippen LogP contribution in [0.3, 0.4) is 0 Å². The van der Waals surface area contributed by atoms with Crippen molar-refractivity contribution in [3.8, 4) is 5.75 Å². The van der Waals surface area contributed by atoms with Crippen LogP contribution >= 0.6 is 0 Å². The summed E-state index contributed by atoms with van der Waals surface area (Å²) in [6.45, 7) is 4.39. The molecule has 0 unspecified atom stereocenters. The van der Waals surface area contributed by atoms with Crippen LogP contribution in [0.2, 0.25) is 0 Å². The summed E-state index contributed by atoms with van der Waals surface area (Å²) in [6.07, 6.45) is 5.07. The molecule has 3 rings (SSSR count). The molecule has 0 spiro atoms. The molecule has 0 aliphatic carbocycles. The van der Waals surface area contributed by atoms with Gasteiger partial charge in [-0.15, -0.1) is 4.40 Å². The van der Waals surface area contributed by atoms with Gasteiger partial charge in [0.1, 0.15) is 11.6 Å². The fourth-order valence-electron chi connectivity index (χ4n) is 3.50. The highest BCUT2D eigenvalue weighted by molar-refractivity contribution is 7.89. The molecule has 1 aromatic heterocycles. The number of ether oxygens (including phenoxy) is 1. The molecule has 7 nitrogen and oxygen atoms in total. The van der Waals surface area contributed by atoms with Crippen molar-refractivity contribution in [2.45, 2.75) is 38.9 Å². The van der Waals surface area contributed by atoms with Gasteiger partial charge in [-0.1, -0.05) is 26.0 Å². The number of pyridine rings is 1. The van der Waals surface area contributed by atoms with E-state index in [1.54, 1.807) is 42.7 Å². The number of nitrogens with two attached hydrogens (primary N) is 1. The number of sulfonamides is 1. The van der Waals surface area contributed by atoms with Crippen molar-refractivity contribution in [3.63, 3.8) is 0 Å². The number of carbonyl (C=O) groups excluding carboxylic acids is 1. The number of ketones is 1. The van der Waals surface area contributed by atoms with E-state index in [4.69, 9.17) is 10.5 Å². The lowest BCUT2D eigenvalue weighted by Gasteiger charge is -2.31. The normalized spacial score (nSPS) is 15.3. The van der Waals surface area contributed by atoms with Crippen LogP contribution in [0.5, 0.6) is 5.75 Å². The number of hydrogen-bond donors (Lipinski definition) is 1. The van der Waals surface area contributed by atoms with E-state index in [9.17, 15) is 13.2 Å². The first kappa shape index (κ1) is 21.0. The van der Waals surface area contributed by atoms with Crippen molar-refractivity contribution in [3.05, 3.63) is 59.4 Å². The first-order valence-electron chi connectivity index (χ1n) is 9.55. The molecule has 0 bridgehead atoms. The lowest BCUT2D eigenvalue weighted by molar-refractivity contribution is 0.0790. The van der Waals surface area contributed by atoms with Crippen LogP contribution in [0, 0.1) is 5.41 Å². The van der Waals surface area contributed by atoms with Crippen LogP contribution in [-0.2, 0) is 15.8 Å². The van der Waals surface area contributed by atoms with Crippen molar-refractivity contribution in [1.29, 1.82) is 0 Å². The third-order valence-electron chi connectivity index (χ3n) is 5.52. The standard InChI is InChI=1S/C21H25N3O4S/c1-3-21(4-2,12-17(25)15-8-10-23-11-9-15)14-28-18-7-5-6-16-13-29(26,27)24-20(22)19(16)18/h5-11H,3-4,12-14H2,1-2H3,(H2,22,24). The van der Waals surface area contributed by atoms with Crippen LogP contribution in [0.1, 0.15) is 54.6 Å². The number of amidine groups is 1. The molecule has 0 saturated heterocycles. The van der Waals surface area contributed by atoms with Gasteiger partial charge in [0.05, 0.1) is 17.9 Å². The lowest BCUT2D eigenvalue weighted by atomic mass is 9.77. The molecule has 2 heterocycles. The average Bonchev–Trinajstić information content (AvgIpc) is 2.70. The molecule has 0 amide bonds. The van der Waals surface area contributed by atoms with E-state index >= 15 is 0 Å². The number of benzene rings is 1. The molecule has 8 heteroatoms. The second kappa shape index (κ2) is 8.32. The number of carbonyl (C=O) groups is 1. The zero-order valence-electron chi connectivity index (χ0n) is 16.6. The van der Waals surface area contributed by atoms with E-state index in [0.29, 0.717) is 35.5 Å². The molecule has 0 radical (unpaired) electrons. The minimum atomic E-state index is -3.60. The molecule has 29 heavy (non-hydrogen) atoms. The smallest absolute Gasteiger partial charge is 0.259 e. The summed E-state index contributed by atoms with van der Waals surface area (Å²) in [6, 6.07) is 8.62. The quantitative estimate of drug-likeness (QED) is 0.663. The monoisotopic (exact) mass is 415 g/mol. The molecule has 2 N–H and O–H groups in total. The zero-order valence-corrected chi connectivity index (χ0v) is 17.4. The largest absolute Gasteiger partial charge is 0.492 e. The second-order valence-corrected chi connectivity index (χ2v) is 8.96. The molecular formula is C21H25N3O4S. The summed E-state index contributed by atoms with van der Waals surface area (Å²) >= 11 is 0. The Morgan fingerprint density at radius 1 is 1.17 bits per heavy atom. The fraction of sp³-hybridized carbons (Fsp3) is 0.381. The van der Waals surface area contributed by atoms with Gasteiger partial charge in [-0.05, 0) is 36.6 Å². The van der Waals surface area contributed by atoms with Gasteiger partial charge in [0, 0.05) is 29.8 Å². The highest BCUT2D eigenvalue weighted by Crippen LogP contribution is 2.35. The maximum atomic E-state index is 12.8. The van der Waals surface area contributed by atoms with E-state index < -0.39 is 10.0 Å². The number of hydrogen-bond acceptors (Lipinski definition) is 6. The Morgan fingerprint density at radius 2 is 1.86 bits per heavy atom. The van der Waals surface area contributed by atoms with Gasteiger partial charge in [0.2, 0.25) is 0 Å². The van der Waals surface area contributed by atoms with E-state index in [1.807, 2.05) is 13.8 Å². The van der Waals surface area contributed by atoms with Gasteiger partial charge >= 0.3 is 0 Å². The van der Waals surface area contributed by atoms with Crippen LogP contribution in [-0.4, -0.2) is 31.6 Å². The number of aromatic nitrogens is 1. The second-order valence-electron chi connectivity index (χ2n) is 7.32. The van der Waals surface area contributed by atoms with E-state index in [2.05, 4.69) is 9.38 Å². The third-order valence-corrected chi connectivity index (χ3v) is 6.67. The number of fused-ring (bicyclic) bond motifs is 1. The molecule has 0 saturated carbocycles. The molecule has 1 aliphatic rings. The van der Waals surface area contributed by atoms with Crippen LogP contribution < -0.4 is 10.5 Å². The Kier molecular flexibility index (Phi) is 6.02. The Morgan fingerprint density at radius 3 is 2.52 bits per heavy atom. The fourth-order valence-corrected chi connectivity index (χ4v) is 4.59. The van der Waals surface area contributed by atoms with Crippen molar-refractivity contribution >= 4 is 21.6 Å². The molecule has 2 aromatic rings. The summed E-state index contributed by atoms with van der Waals surface area (Å²) in [4.78, 5) is 16.7. The molecule has 0 atom stereocenters. The van der Waals surface area contributed by atoms with Crippen molar-refractivity contribution in [2.75, 3.05) is 6.61 Å². The van der Waals surface area contributed by atoms with E-state index in [-0.39, 0.29) is 22.8 Å². The zero-order chi connectivity index (χ0) is 21.1. The lowest BCUT2D eigenvalue weighted by Crippen LogP contribution is -2.31.